The molecule has 43 heavy (non-hydrogen) atoms. The molecule has 3 aromatic carbocycles. The number of ether oxygens (including phenoxy) is 1. The number of benzene rings is 3. The van der Waals surface area contributed by atoms with Crippen LogP contribution in [0.4, 0.5) is 0 Å². The number of primary amides is 1. The molecule has 0 aliphatic carbocycles. The van der Waals surface area contributed by atoms with Gasteiger partial charge in [0, 0.05) is 42.9 Å². The molecule has 9 heteroatoms. The molecule has 0 radical (unpaired) electrons. The maximum absolute atomic E-state index is 13.6. The van der Waals surface area contributed by atoms with E-state index in [0.717, 1.165) is 35.3 Å². The Labute approximate surface area is 254 Å². The van der Waals surface area contributed by atoms with Crippen molar-refractivity contribution >= 4 is 17.7 Å². The molecular formula is C34H44N4O5. The third-order valence-corrected chi connectivity index (χ3v) is 7.14. The molecule has 230 valence electrons. The highest BCUT2D eigenvalue weighted by Gasteiger charge is 2.25. The van der Waals surface area contributed by atoms with E-state index in [1.54, 1.807) is 12.0 Å². The van der Waals surface area contributed by atoms with Gasteiger partial charge in [0.15, 0.2) is 0 Å². The molecule has 0 heterocycles. The van der Waals surface area contributed by atoms with Gasteiger partial charge in [0.25, 0.3) is 11.8 Å². The maximum Gasteiger partial charge on any atom is 0.253 e. The third kappa shape index (κ3) is 9.94. The second-order valence-corrected chi connectivity index (χ2v) is 10.8. The van der Waals surface area contributed by atoms with Crippen LogP contribution in [0.15, 0.2) is 66.7 Å². The summed E-state index contributed by atoms with van der Waals surface area (Å²) >= 11 is 0. The Morgan fingerprint density at radius 2 is 1.56 bits per heavy atom. The number of nitrogens with two attached hydrogens (primary N) is 1. The van der Waals surface area contributed by atoms with Gasteiger partial charge in [-0.2, -0.15) is 0 Å². The highest BCUT2D eigenvalue weighted by molar-refractivity contribution is 6.04. The van der Waals surface area contributed by atoms with Gasteiger partial charge in [-0.15, -0.1) is 0 Å². The fraction of sp³-hybridized carbons (Fsp3) is 0.382. The smallest absolute Gasteiger partial charge is 0.253 e. The Morgan fingerprint density at radius 1 is 0.907 bits per heavy atom. The summed E-state index contributed by atoms with van der Waals surface area (Å²) in [7, 11) is 1.61. The van der Waals surface area contributed by atoms with Crippen LogP contribution in [0.1, 0.15) is 74.5 Å². The van der Waals surface area contributed by atoms with Gasteiger partial charge in [0.2, 0.25) is 5.91 Å². The van der Waals surface area contributed by atoms with E-state index < -0.39 is 24.0 Å². The molecule has 0 spiro atoms. The Balaban J connectivity index is 1.84. The van der Waals surface area contributed by atoms with Crippen molar-refractivity contribution in [2.75, 3.05) is 26.7 Å². The predicted octanol–water partition coefficient (Wildman–Crippen LogP) is 3.86. The summed E-state index contributed by atoms with van der Waals surface area (Å²) in [6, 6.07) is 19.1. The van der Waals surface area contributed by atoms with Crippen LogP contribution in [0, 0.1) is 6.92 Å². The molecule has 0 fully saturated rings. The van der Waals surface area contributed by atoms with Gasteiger partial charge < -0.3 is 31.1 Å². The lowest BCUT2D eigenvalue weighted by molar-refractivity contribution is 0.0755. The molecule has 2 atom stereocenters. The first-order valence-electron chi connectivity index (χ1n) is 14.8. The zero-order valence-electron chi connectivity index (χ0n) is 25.6. The van der Waals surface area contributed by atoms with Crippen molar-refractivity contribution in [1.82, 2.24) is 15.5 Å². The lowest BCUT2D eigenvalue weighted by Crippen LogP contribution is -2.48. The number of carbonyl (C=O) groups is 3. The van der Waals surface area contributed by atoms with Crippen molar-refractivity contribution in [3.8, 4) is 5.75 Å². The van der Waals surface area contributed by atoms with E-state index in [1.807, 2.05) is 69.3 Å². The third-order valence-electron chi connectivity index (χ3n) is 7.14. The zero-order valence-corrected chi connectivity index (χ0v) is 25.6. The van der Waals surface area contributed by atoms with Crippen LogP contribution in [0.5, 0.6) is 5.75 Å². The van der Waals surface area contributed by atoms with E-state index in [1.165, 1.54) is 18.2 Å². The summed E-state index contributed by atoms with van der Waals surface area (Å²) in [4.78, 5) is 40.8. The van der Waals surface area contributed by atoms with E-state index in [0.29, 0.717) is 26.1 Å². The van der Waals surface area contributed by atoms with Crippen molar-refractivity contribution in [1.29, 1.82) is 0 Å². The minimum atomic E-state index is -0.944. The molecule has 9 nitrogen and oxygen atoms in total. The van der Waals surface area contributed by atoms with Crippen molar-refractivity contribution in [3.63, 3.8) is 0 Å². The van der Waals surface area contributed by atoms with Gasteiger partial charge in [-0.1, -0.05) is 55.8 Å². The first-order valence-corrected chi connectivity index (χ1v) is 14.8. The number of methoxy groups -OCH3 is 1. The number of hydrogen-bond acceptors (Lipinski definition) is 6. The second kappa shape index (κ2) is 16.4. The maximum atomic E-state index is 13.6. The van der Waals surface area contributed by atoms with Crippen molar-refractivity contribution in [3.05, 3.63) is 100 Å². The van der Waals surface area contributed by atoms with Crippen molar-refractivity contribution in [2.45, 2.75) is 58.7 Å². The van der Waals surface area contributed by atoms with Crippen LogP contribution in [0.25, 0.3) is 0 Å². The zero-order chi connectivity index (χ0) is 31.4. The van der Waals surface area contributed by atoms with Crippen molar-refractivity contribution < 1.29 is 24.2 Å². The van der Waals surface area contributed by atoms with E-state index >= 15 is 0 Å². The van der Waals surface area contributed by atoms with Gasteiger partial charge in [-0.25, -0.2) is 0 Å². The Kier molecular flexibility index (Phi) is 12.7. The number of nitrogens with one attached hydrogen (secondary N) is 2. The number of aliphatic hydroxyl groups is 1. The van der Waals surface area contributed by atoms with Crippen LogP contribution in [0.3, 0.4) is 0 Å². The Hall–Kier alpha value is -4.21. The average Bonchev–Trinajstić information content (AvgIpc) is 3.00. The van der Waals surface area contributed by atoms with Gasteiger partial charge in [-0.05, 0) is 67.6 Å². The second-order valence-electron chi connectivity index (χ2n) is 10.8. The molecule has 0 saturated carbocycles. The quantitative estimate of drug-likeness (QED) is 0.201. The number of aliphatic hydroxyl groups excluding tert-OH is 1. The van der Waals surface area contributed by atoms with E-state index in [9.17, 15) is 19.5 Å². The number of hydrogen-bond donors (Lipinski definition) is 4. The first kappa shape index (κ1) is 33.3. The molecule has 0 aliphatic rings. The summed E-state index contributed by atoms with van der Waals surface area (Å²) in [5.74, 6) is -0.773. The lowest BCUT2D eigenvalue weighted by atomic mass is 9.98. The topological polar surface area (TPSA) is 134 Å². The van der Waals surface area contributed by atoms with Crippen LogP contribution in [-0.2, 0) is 13.0 Å². The monoisotopic (exact) mass is 588 g/mol. The largest absolute Gasteiger partial charge is 0.497 e. The van der Waals surface area contributed by atoms with Crippen LogP contribution in [0.2, 0.25) is 0 Å². The summed E-state index contributed by atoms with van der Waals surface area (Å²) in [6.45, 7) is 7.78. The molecule has 3 amide bonds. The number of amides is 3. The number of rotatable bonds is 16. The minimum absolute atomic E-state index is 0.0692. The fourth-order valence-electron chi connectivity index (χ4n) is 4.98. The normalized spacial score (nSPS) is 12.3. The van der Waals surface area contributed by atoms with Crippen LogP contribution >= 0.6 is 0 Å². The SMILES string of the molecule is CCCN(CCC)C(=O)c1cc(C(N)=O)cc(C(=O)NC(Cc2cccc(C)c2)C(O)CNCc2cccc(OC)c2)c1. The highest BCUT2D eigenvalue weighted by atomic mass is 16.5. The number of nitrogens with zero attached hydrogens (tertiary/aromatic N) is 1. The fourth-order valence-corrected chi connectivity index (χ4v) is 4.98. The van der Waals surface area contributed by atoms with E-state index in [-0.39, 0.29) is 29.1 Å². The average molecular weight is 589 g/mol. The van der Waals surface area contributed by atoms with Crippen molar-refractivity contribution in [2.24, 2.45) is 5.73 Å². The summed E-state index contributed by atoms with van der Waals surface area (Å²) in [5, 5.41) is 17.5. The molecule has 5 N–H and O–H groups in total. The Morgan fingerprint density at radius 3 is 2.21 bits per heavy atom. The predicted molar refractivity (Wildman–Crippen MR) is 168 cm³/mol. The van der Waals surface area contributed by atoms with Gasteiger partial charge in [0.05, 0.1) is 19.3 Å². The summed E-state index contributed by atoms with van der Waals surface area (Å²) in [5.41, 5.74) is 9.00. The van der Waals surface area contributed by atoms with Gasteiger partial charge in [-0.3, -0.25) is 14.4 Å². The lowest BCUT2D eigenvalue weighted by Gasteiger charge is -2.25. The van der Waals surface area contributed by atoms with Crippen LogP contribution < -0.4 is 21.1 Å². The number of aryl methyl sites for hydroxylation is 1. The molecule has 0 aliphatic heterocycles. The molecule has 0 aromatic heterocycles. The van der Waals surface area contributed by atoms with Crippen LogP contribution in [-0.4, -0.2) is 66.6 Å². The molecule has 0 bridgehead atoms. The van der Waals surface area contributed by atoms with E-state index in [4.69, 9.17) is 10.5 Å². The molecule has 3 aromatic rings. The molecular weight excluding hydrogens is 544 g/mol. The Bertz CT molecular complexity index is 1390. The summed E-state index contributed by atoms with van der Waals surface area (Å²) in [6.07, 6.45) is 0.982. The summed E-state index contributed by atoms with van der Waals surface area (Å²) < 4.78 is 5.29. The van der Waals surface area contributed by atoms with Gasteiger partial charge in [0.1, 0.15) is 5.75 Å². The molecule has 0 saturated heterocycles. The van der Waals surface area contributed by atoms with E-state index in [2.05, 4.69) is 10.6 Å². The number of carbonyl (C=O) groups excluding carboxylic acids is 3. The highest BCUT2D eigenvalue weighted by Crippen LogP contribution is 2.16. The standard InChI is InChI=1S/C34H44N4O5/c1-5-13-38(14-6-2)34(42)28-19-26(32(35)40)18-27(20-28)33(41)37-30(17-24-10-7-9-23(3)15-24)31(39)22-36-21-25-11-8-12-29(16-25)43-4/h7-12,15-16,18-20,30-31,36,39H,5-6,13-14,17,21-22H2,1-4H3,(H2,35,40)(H,37,41). The molecule has 2 unspecified atom stereocenters. The van der Waals surface area contributed by atoms with Gasteiger partial charge >= 0.3 is 0 Å². The molecule has 3 rings (SSSR count). The first-order chi connectivity index (χ1) is 20.6. The minimum Gasteiger partial charge on any atom is -0.497 e.